The molecule has 0 saturated carbocycles. The molecule has 0 bridgehead atoms. The monoisotopic (exact) mass is 274 g/mol. The van der Waals surface area contributed by atoms with Gasteiger partial charge < -0.3 is 15.0 Å². The third-order valence-corrected chi connectivity index (χ3v) is 3.87. The number of nitrogens with two attached hydrogens (primary N) is 1. The van der Waals surface area contributed by atoms with Crippen molar-refractivity contribution in [2.75, 3.05) is 12.8 Å². The van der Waals surface area contributed by atoms with Crippen LogP contribution in [0.3, 0.4) is 0 Å². The number of benzene rings is 1. The number of nitrogen functional groups attached to an aromatic ring is 1. The molecule has 1 aromatic carbocycles. The molecule has 98 valence electrons. The summed E-state index contributed by atoms with van der Waals surface area (Å²) in [5, 5.41) is 1.05. The summed E-state index contributed by atoms with van der Waals surface area (Å²) in [5.41, 5.74) is 7.78. The average Bonchev–Trinajstić information content (AvgIpc) is 2.94. The fourth-order valence-electron chi connectivity index (χ4n) is 2.10. The number of ether oxygens (including phenoxy) is 1. The molecule has 6 heteroatoms. The van der Waals surface area contributed by atoms with Crippen molar-refractivity contribution >= 4 is 28.3 Å². The van der Waals surface area contributed by atoms with Crippen molar-refractivity contribution in [3.05, 3.63) is 34.3 Å². The van der Waals surface area contributed by atoms with Gasteiger partial charge in [-0.1, -0.05) is 6.07 Å². The molecule has 0 spiro atoms. The van der Waals surface area contributed by atoms with Gasteiger partial charge in [0.15, 0.2) is 0 Å². The van der Waals surface area contributed by atoms with Crippen LogP contribution in [0.1, 0.15) is 9.88 Å². The number of aromatic nitrogens is 3. The molecule has 2 aromatic heterocycles. The van der Waals surface area contributed by atoms with Gasteiger partial charge in [0.1, 0.15) is 11.3 Å². The Balaban J connectivity index is 2.10. The second-order valence-electron chi connectivity index (χ2n) is 4.23. The molecule has 0 amide bonds. The summed E-state index contributed by atoms with van der Waals surface area (Å²) in [6.45, 7) is 2.67. The molecule has 2 heterocycles. The number of aryl methyl sites for hydroxylation is 1. The van der Waals surface area contributed by atoms with E-state index in [2.05, 4.69) is 9.97 Å². The lowest BCUT2D eigenvalue weighted by Gasteiger charge is -2.04. The molecule has 0 unspecified atom stereocenters. The zero-order valence-corrected chi connectivity index (χ0v) is 11.6. The fraction of sp³-hybridized carbons (Fsp3) is 0.231. The second kappa shape index (κ2) is 4.55. The summed E-state index contributed by atoms with van der Waals surface area (Å²) in [5.74, 6) is 1.23. The van der Waals surface area contributed by atoms with E-state index in [-0.39, 0.29) is 0 Å². The van der Waals surface area contributed by atoms with Gasteiger partial charge in [0.2, 0.25) is 5.95 Å². The van der Waals surface area contributed by atoms with E-state index >= 15 is 0 Å². The summed E-state index contributed by atoms with van der Waals surface area (Å²) < 4.78 is 7.29. The van der Waals surface area contributed by atoms with Crippen molar-refractivity contribution in [2.45, 2.75) is 13.5 Å². The molecule has 5 nitrogen and oxygen atoms in total. The van der Waals surface area contributed by atoms with Gasteiger partial charge in [0, 0.05) is 11.1 Å². The smallest absolute Gasteiger partial charge is 0.201 e. The maximum Gasteiger partial charge on any atom is 0.201 e. The van der Waals surface area contributed by atoms with Crippen LogP contribution in [0, 0.1) is 6.92 Å². The lowest BCUT2D eigenvalue weighted by atomic mass is 10.3. The van der Waals surface area contributed by atoms with Crippen LogP contribution >= 0.6 is 11.3 Å². The van der Waals surface area contributed by atoms with Crippen LogP contribution in [0.4, 0.5) is 5.95 Å². The Labute approximate surface area is 114 Å². The average molecular weight is 274 g/mol. The molecule has 0 saturated heterocycles. The number of hydrogen-bond acceptors (Lipinski definition) is 5. The number of hydrogen-bond donors (Lipinski definition) is 1. The first-order valence-electron chi connectivity index (χ1n) is 5.89. The van der Waals surface area contributed by atoms with Crippen molar-refractivity contribution in [1.29, 1.82) is 0 Å². The number of anilines is 1. The van der Waals surface area contributed by atoms with Crippen LogP contribution in [0.5, 0.6) is 5.75 Å². The molecule has 19 heavy (non-hydrogen) atoms. The van der Waals surface area contributed by atoms with E-state index in [9.17, 15) is 0 Å². The van der Waals surface area contributed by atoms with Gasteiger partial charge >= 0.3 is 0 Å². The molecule has 0 fully saturated rings. The SMILES string of the molecule is COc1cccc2c1nc(N)n2Cc1cnc(C)s1. The Bertz CT molecular complexity index is 731. The number of nitrogens with zero attached hydrogens (tertiary/aromatic N) is 3. The fourth-order valence-corrected chi connectivity index (χ4v) is 2.89. The standard InChI is InChI=1S/C13H14N4OS/c1-8-15-6-9(19-8)7-17-10-4-3-5-11(18-2)12(10)16-13(17)14/h3-6H,7H2,1-2H3,(H2,14,16). The highest BCUT2D eigenvalue weighted by molar-refractivity contribution is 7.11. The van der Waals surface area contributed by atoms with Crippen LogP contribution in [-0.4, -0.2) is 21.6 Å². The van der Waals surface area contributed by atoms with E-state index < -0.39 is 0 Å². The van der Waals surface area contributed by atoms with E-state index in [0.29, 0.717) is 12.5 Å². The Hall–Kier alpha value is -2.08. The summed E-state index contributed by atoms with van der Waals surface area (Å²) >= 11 is 1.67. The molecule has 0 aliphatic heterocycles. The Morgan fingerprint density at radius 2 is 2.26 bits per heavy atom. The molecule has 0 aliphatic rings. The minimum Gasteiger partial charge on any atom is -0.494 e. The van der Waals surface area contributed by atoms with Gasteiger partial charge in [-0.05, 0) is 19.1 Å². The maximum atomic E-state index is 6.01. The van der Waals surface area contributed by atoms with Crippen molar-refractivity contribution < 1.29 is 4.74 Å². The Morgan fingerprint density at radius 1 is 1.42 bits per heavy atom. The number of thiazole rings is 1. The maximum absolute atomic E-state index is 6.01. The molecule has 2 N–H and O–H groups in total. The predicted molar refractivity (Wildman–Crippen MR) is 76.7 cm³/mol. The van der Waals surface area contributed by atoms with Gasteiger partial charge in [-0.3, -0.25) is 0 Å². The predicted octanol–water partition coefficient (Wildman–Crippen LogP) is 2.44. The lowest BCUT2D eigenvalue weighted by Crippen LogP contribution is -2.03. The van der Waals surface area contributed by atoms with E-state index in [1.165, 1.54) is 0 Å². The van der Waals surface area contributed by atoms with Crippen LogP contribution in [0.2, 0.25) is 0 Å². The highest BCUT2D eigenvalue weighted by atomic mass is 32.1. The Morgan fingerprint density at radius 3 is 2.95 bits per heavy atom. The second-order valence-corrected chi connectivity index (χ2v) is 5.55. The normalized spacial score (nSPS) is 11.1. The molecule has 3 aromatic rings. The highest BCUT2D eigenvalue weighted by Crippen LogP contribution is 2.28. The van der Waals surface area contributed by atoms with Crippen molar-refractivity contribution in [3.63, 3.8) is 0 Å². The largest absolute Gasteiger partial charge is 0.494 e. The van der Waals surface area contributed by atoms with Crippen molar-refractivity contribution in [3.8, 4) is 5.75 Å². The molecule has 3 rings (SSSR count). The topological polar surface area (TPSA) is 66.0 Å². The number of methoxy groups -OCH3 is 1. The number of fused-ring (bicyclic) bond motifs is 1. The van der Waals surface area contributed by atoms with Gasteiger partial charge in [0.05, 0.1) is 24.2 Å². The highest BCUT2D eigenvalue weighted by Gasteiger charge is 2.12. The van der Waals surface area contributed by atoms with Crippen LogP contribution in [0.15, 0.2) is 24.4 Å². The number of para-hydroxylation sites is 1. The quantitative estimate of drug-likeness (QED) is 0.796. The lowest BCUT2D eigenvalue weighted by molar-refractivity contribution is 0.419. The zero-order chi connectivity index (χ0) is 13.4. The van der Waals surface area contributed by atoms with E-state index in [0.717, 1.165) is 26.7 Å². The van der Waals surface area contributed by atoms with Crippen LogP contribution in [-0.2, 0) is 6.54 Å². The van der Waals surface area contributed by atoms with Gasteiger partial charge in [-0.15, -0.1) is 11.3 Å². The first-order valence-corrected chi connectivity index (χ1v) is 6.70. The molecule has 0 atom stereocenters. The first-order chi connectivity index (χ1) is 9.19. The van der Waals surface area contributed by atoms with Gasteiger partial charge in [0.25, 0.3) is 0 Å². The van der Waals surface area contributed by atoms with E-state index in [1.807, 2.05) is 35.9 Å². The number of imidazole rings is 1. The minimum atomic E-state index is 0.491. The van der Waals surface area contributed by atoms with Gasteiger partial charge in [-0.2, -0.15) is 0 Å². The molecular formula is C13H14N4OS. The molecule has 0 radical (unpaired) electrons. The van der Waals surface area contributed by atoms with Gasteiger partial charge in [-0.25, -0.2) is 9.97 Å². The third-order valence-electron chi connectivity index (χ3n) is 2.97. The summed E-state index contributed by atoms with van der Waals surface area (Å²) in [6, 6.07) is 5.82. The first kappa shape index (κ1) is 12.0. The van der Waals surface area contributed by atoms with Crippen LogP contribution in [0.25, 0.3) is 11.0 Å². The zero-order valence-electron chi connectivity index (χ0n) is 10.8. The van der Waals surface area contributed by atoms with E-state index in [4.69, 9.17) is 10.5 Å². The summed E-state index contributed by atoms with van der Waals surface area (Å²) in [6.07, 6.45) is 1.88. The summed E-state index contributed by atoms with van der Waals surface area (Å²) in [4.78, 5) is 9.81. The minimum absolute atomic E-state index is 0.491. The Kier molecular flexibility index (Phi) is 2.87. The van der Waals surface area contributed by atoms with Crippen molar-refractivity contribution in [1.82, 2.24) is 14.5 Å². The number of rotatable bonds is 3. The molecule has 0 aliphatic carbocycles. The van der Waals surface area contributed by atoms with Crippen molar-refractivity contribution in [2.24, 2.45) is 0 Å². The third kappa shape index (κ3) is 2.04. The molecular weight excluding hydrogens is 260 g/mol. The van der Waals surface area contributed by atoms with Crippen LogP contribution < -0.4 is 10.5 Å². The summed E-state index contributed by atoms with van der Waals surface area (Å²) in [7, 11) is 1.64. The van der Waals surface area contributed by atoms with E-state index in [1.54, 1.807) is 18.4 Å².